The molecule has 2 N–H and O–H groups in total. The summed E-state index contributed by atoms with van der Waals surface area (Å²) < 4.78 is 26.0. The molecule has 0 aliphatic carbocycles. The van der Waals surface area contributed by atoms with E-state index in [0.29, 0.717) is 19.5 Å². The fourth-order valence-electron chi connectivity index (χ4n) is 2.54. The molecule has 1 aliphatic heterocycles. The van der Waals surface area contributed by atoms with Crippen LogP contribution in [0, 0.1) is 0 Å². The number of para-hydroxylation sites is 1. The van der Waals surface area contributed by atoms with Gasteiger partial charge in [0.1, 0.15) is 0 Å². The van der Waals surface area contributed by atoms with Crippen LogP contribution in [0.15, 0.2) is 24.3 Å². The van der Waals surface area contributed by atoms with Crippen LogP contribution < -0.4 is 10.0 Å². The minimum Gasteiger partial charge on any atom is -0.330 e. The van der Waals surface area contributed by atoms with E-state index in [0.717, 1.165) is 17.7 Å². The number of nitrogens with two attached hydrogens (primary N) is 1. The molecule has 4 nitrogen and oxygen atoms in total. The first-order chi connectivity index (χ1) is 8.60. The lowest BCUT2D eigenvalue weighted by molar-refractivity contribution is 0.585. The third kappa shape index (κ3) is 2.37. The zero-order valence-electron chi connectivity index (χ0n) is 10.7. The SMILES string of the molecule is CCCS(=O)(=O)N1CC(CCN)c2ccccc21. The van der Waals surface area contributed by atoms with Crippen molar-refractivity contribution in [1.82, 2.24) is 0 Å². The Labute approximate surface area is 109 Å². The molecule has 100 valence electrons. The molecule has 5 heteroatoms. The Morgan fingerprint density at radius 3 is 2.78 bits per heavy atom. The Hall–Kier alpha value is -1.07. The standard InChI is InChI=1S/C13H20N2O2S/c1-2-9-18(16,17)15-10-11(7-8-14)12-5-3-4-6-13(12)15/h3-6,11H,2,7-10,14H2,1H3. The van der Waals surface area contributed by atoms with Crippen molar-refractivity contribution in [3.8, 4) is 0 Å². The van der Waals surface area contributed by atoms with Gasteiger partial charge in [-0.25, -0.2) is 8.42 Å². The van der Waals surface area contributed by atoms with Crippen LogP contribution in [0.1, 0.15) is 31.2 Å². The molecule has 0 saturated carbocycles. The van der Waals surface area contributed by atoms with Gasteiger partial charge in [-0.05, 0) is 31.0 Å². The highest BCUT2D eigenvalue weighted by Gasteiger charge is 2.34. The first kappa shape index (κ1) is 13.4. The Bertz CT molecular complexity index is 513. The molecule has 1 unspecified atom stereocenters. The maximum absolute atomic E-state index is 12.2. The first-order valence-corrected chi connectivity index (χ1v) is 8.00. The number of hydrogen-bond donors (Lipinski definition) is 1. The zero-order valence-corrected chi connectivity index (χ0v) is 11.5. The topological polar surface area (TPSA) is 63.4 Å². The maximum atomic E-state index is 12.2. The minimum atomic E-state index is -3.18. The maximum Gasteiger partial charge on any atom is 0.235 e. The van der Waals surface area contributed by atoms with Crippen LogP contribution in [0.4, 0.5) is 5.69 Å². The van der Waals surface area contributed by atoms with E-state index >= 15 is 0 Å². The zero-order chi connectivity index (χ0) is 13.2. The highest BCUT2D eigenvalue weighted by atomic mass is 32.2. The number of rotatable bonds is 5. The third-order valence-electron chi connectivity index (χ3n) is 3.34. The molecule has 0 spiro atoms. The van der Waals surface area contributed by atoms with Crippen LogP contribution in [-0.2, 0) is 10.0 Å². The fourth-order valence-corrected chi connectivity index (χ4v) is 4.15. The van der Waals surface area contributed by atoms with E-state index in [1.54, 1.807) is 4.31 Å². The molecule has 0 fully saturated rings. The second-order valence-electron chi connectivity index (χ2n) is 4.68. The first-order valence-electron chi connectivity index (χ1n) is 6.39. The number of hydrogen-bond acceptors (Lipinski definition) is 3. The molecule has 1 aromatic rings. The summed E-state index contributed by atoms with van der Waals surface area (Å²) in [5, 5.41) is 0. The number of anilines is 1. The Morgan fingerprint density at radius 2 is 2.11 bits per heavy atom. The summed E-state index contributed by atoms with van der Waals surface area (Å²) >= 11 is 0. The monoisotopic (exact) mass is 268 g/mol. The highest BCUT2D eigenvalue weighted by molar-refractivity contribution is 7.92. The summed E-state index contributed by atoms with van der Waals surface area (Å²) in [5.41, 5.74) is 7.56. The molecule has 0 saturated heterocycles. The Kier molecular flexibility index (Phi) is 3.92. The van der Waals surface area contributed by atoms with Gasteiger partial charge in [-0.1, -0.05) is 25.1 Å². The van der Waals surface area contributed by atoms with E-state index in [2.05, 4.69) is 0 Å². The molecular weight excluding hydrogens is 248 g/mol. The number of fused-ring (bicyclic) bond motifs is 1. The van der Waals surface area contributed by atoms with E-state index in [-0.39, 0.29) is 11.7 Å². The molecule has 0 amide bonds. The Morgan fingerprint density at radius 1 is 1.39 bits per heavy atom. The van der Waals surface area contributed by atoms with Crippen molar-refractivity contribution in [3.63, 3.8) is 0 Å². The lowest BCUT2D eigenvalue weighted by Gasteiger charge is -2.19. The molecule has 18 heavy (non-hydrogen) atoms. The minimum absolute atomic E-state index is 0.205. The summed E-state index contributed by atoms with van der Waals surface area (Å²) in [6.45, 7) is 3.01. The molecule has 0 bridgehead atoms. The van der Waals surface area contributed by atoms with Gasteiger partial charge in [0.15, 0.2) is 0 Å². The van der Waals surface area contributed by atoms with Gasteiger partial charge in [0, 0.05) is 12.5 Å². The number of benzene rings is 1. The van der Waals surface area contributed by atoms with Crippen molar-refractivity contribution in [1.29, 1.82) is 0 Å². The second-order valence-corrected chi connectivity index (χ2v) is 6.69. The van der Waals surface area contributed by atoms with Crippen molar-refractivity contribution < 1.29 is 8.42 Å². The van der Waals surface area contributed by atoms with Gasteiger partial charge >= 0.3 is 0 Å². The molecule has 0 aromatic heterocycles. The van der Waals surface area contributed by atoms with Crippen LogP contribution >= 0.6 is 0 Å². The predicted molar refractivity (Wildman–Crippen MR) is 74.3 cm³/mol. The van der Waals surface area contributed by atoms with Gasteiger partial charge in [-0.3, -0.25) is 4.31 Å². The summed E-state index contributed by atoms with van der Waals surface area (Å²) in [6.07, 6.45) is 1.47. The largest absolute Gasteiger partial charge is 0.330 e. The third-order valence-corrected chi connectivity index (χ3v) is 5.29. The highest BCUT2D eigenvalue weighted by Crippen LogP contribution is 2.39. The fraction of sp³-hybridized carbons (Fsp3) is 0.538. The Balaban J connectivity index is 2.36. The van der Waals surface area contributed by atoms with Gasteiger partial charge in [0.05, 0.1) is 11.4 Å². The molecule has 0 radical (unpaired) electrons. The van der Waals surface area contributed by atoms with Gasteiger partial charge in [-0.2, -0.15) is 0 Å². The second kappa shape index (κ2) is 5.28. The van der Waals surface area contributed by atoms with Crippen LogP contribution in [0.5, 0.6) is 0 Å². The molecule has 1 heterocycles. The number of sulfonamides is 1. The van der Waals surface area contributed by atoms with E-state index in [1.165, 1.54) is 0 Å². The summed E-state index contributed by atoms with van der Waals surface area (Å²) in [7, 11) is -3.18. The van der Waals surface area contributed by atoms with Gasteiger partial charge in [0.2, 0.25) is 10.0 Å². The van der Waals surface area contributed by atoms with Gasteiger partial charge in [0.25, 0.3) is 0 Å². The van der Waals surface area contributed by atoms with Gasteiger partial charge in [-0.15, -0.1) is 0 Å². The van der Waals surface area contributed by atoms with E-state index in [1.807, 2.05) is 31.2 Å². The smallest absolute Gasteiger partial charge is 0.235 e. The van der Waals surface area contributed by atoms with Crippen molar-refractivity contribution >= 4 is 15.7 Å². The predicted octanol–water partition coefficient (Wildman–Crippen LogP) is 1.68. The molecular formula is C13H20N2O2S. The summed E-state index contributed by atoms with van der Waals surface area (Å²) in [4.78, 5) is 0. The van der Waals surface area contributed by atoms with Gasteiger partial charge < -0.3 is 5.73 Å². The van der Waals surface area contributed by atoms with Crippen molar-refractivity contribution in [2.24, 2.45) is 5.73 Å². The van der Waals surface area contributed by atoms with Crippen molar-refractivity contribution in [2.75, 3.05) is 23.1 Å². The van der Waals surface area contributed by atoms with Crippen LogP contribution in [0.2, 0.25) is 0 Å². The summed E-state index contributed by atoms with van der Waals surface area (Å²) in [6, 6.07) is 7.74. The lowest BCUT2D eigenvalue weighted by atomic mass is 9.98. The molecule has 2 rings (SSSR count). The van der Waals surface area contributed by atoms with Crippen LogP contribution in [0.3, 0.4) is 0 Å². The van der Waals surface area contributed by atoms with E-state index in [9.17, 15) is 8.42 Å². The average Bonchev–Trinajstić information content (AvgIpc) is 2.70. The quantitative estimate of drug-likeness (QED) is 0.883. The summed E-state index contributed by atoms with van der Waals surface area (Å²) in [5.74, 6) is 0.439. The van der Waals surface area contributed by atoms with E-state index in [4.69, 9.17) is 5.73 Å². The molecule has 1 aromatic carbocycles. The van der Waals surface area contributed by atoms with Crippen LogP contribution in [0.25, 0.3) is 0 Å². The van der Waals surface area contributed by atoms with Crippen molar-refractivity contribution in [2.45, 2.75) is 25.7 Å². The van der Waals surface area contributed by atoms with E-state index < -0.39 is 10.0 Å². The lowest BCUT2D eigenvalue weighted by Crippen LogP contribution is -2.32. The number of nitrogens with zero attached hydrogens (tertiary/aromatic N) is 1. The molecule has 1 aliphatic rings. The average molecular weight is 268 g/mol. The normalized spacial score (nSPS) is 19.0. The van der Waals surface area contributed by atoms with Crippen molar-refractivity contribution in [3.05, 3.63) is 29.8 Å². The van der Waals surface area contributed by atoms with Crippen LogP contribution in [-0.4, -0.2) is 27.3 Å². The molecule has 1 atom stereocenters.